The number of ketones is 1. The highest BCUT2D eigenvalue weighted by Crippen LogP contribution is 2.26. The van der Waals surface area contributed by atoms with Crippen LogP contribution in [0.25, 0.3) is 0 Å². The summed E-state index contributed by atoms with van der Waals surface area (Å²) >= 11 is 0. The van der Waals surface area contributed by atoms with Gasteiger partial charge in [0.15, 0.2) is 11.4 Å². The number of allylic oxidation sites excluding steroid dienone is 1. The van der Waals surface area contributed by atoms with Crippen molar-refractivity contribution in [3.05, 3.63) is 41.7 Å². The lowest BCUT2D eigenvalue weighted by Gasteiger charge is -2.28. The van der Waals surface area contributed by atoms with Crippen LogP contribution in [0, 0.1) is 0 Å². The summed E-state index contributed by atoms with van der Waals surface area (Å²) in [5.41, 5.74) is -1.37. The third kappa shape index (κ3) is 3.46. The second kappa shape index (κ2) is 6.62. The molecule has 0 fully saturated rings. The van der Waals surface area contributed by atoms with Crippen molar-refractivity contribution in [2.24, 2.45) is 0 Å². The van der Waals surface area contributed by atoms with Crippen LogP contribution < -0.4 is 4.74 Å². The van der Waals surface area contributed by atoms with Crippen LogP contribution in [0.15, 0.2) is 36.1 Å². The molecular formula is C16H18O6. The molecule has 1 aliphatic rings. The summed E-state index contributed by atoms with van der Waals surface area (Å²) in [6, 6.07) is 6.36. The van der Waals surface area contributed by atoms with Crippen LogP contribution in [-0.2, 0) is 14.3 Å². The number of carbonyl (C=O) groups is 2. The average molecular weight is 306 g/mol. The summed E-state index contributed by atoms with van der Waals surface area (Å²) in [6.07, 6.45) is 1.81. The van der Waals surface area contributed by atoms with Gasteiger partial charge in [0, 0.05) is 12.5 Å². The van der Waals surface area contributed by atoms with Crippen molar-refractivity contribution in [2.45, 2.75) is 18.4 Å². The van der Waals surface area contributed by atoms with Gasteiger partial charge in [-0.3, -0.25) is 4.79 Å². The fourth-order valence-electron chi connectivity index (χ4n) is 2.11. The third-order valence-electron chi connectivity index (χ3n) is 3.57. The summed E-state index contributed by atoms with van der Waals surface area (Å²) in [7, 11) is 2.99. The van der Waals surface area contributed by atoms with E-state index >= 15 is 0 Å². The zero-order valence-corrected chi connectivity index (χ0v) is 12.5. The predicted molar refractivity (Wildman–Crippen MR) is 77.6 cm³/mol. The molecule has 0 unspecified atom stereocenters. The van der Waals surface area contributed by atoms with Gasteiger partial charge < -0.3 is 19.3 Å². The van der Waals surface area contributed by atoms with Crippen LogP contribution in [0.2, 0.25) is 0 Å². The second-order valence-corrected chi connectivity index (χ2v) is 5.02. The first-order valence-electron chi connectivity index (χ1n) is 6.81. The highest BCUT2D eigenvalue weighted by molar-refractivity contribution is 5.98. The fraction of sp³-hybridized carbons (Fsp3) is 0.375. The van der Waals surface area contributed by atoms with E-state index < -0.39 is 17.4 Å². The minimum atomic E-state index is -1.69. The molecule has 118 valence electrons. The van der Waals surface area contributed by atoms with Gasteiger partial charge in [-0.1, -0.05) is 0 Å². The molecule has 0 amide bonds. The van der Waals surface area contributed by atoms with Gasteiger partial charge in [-0.05, 0) is 30.7 Å². The van der Waals surface area contributed by atoms with Crippen LogP contribution in [0.4, 0.5) is 0 Å². The molecule has 1 aliphatic carbocycles. The molecule has 1 aromatic carbocycles. The van der Waals surface area contributed by atoms with Crippen LogP contribution >= 0.6 is 0 Å². The van der Waals surface area contributed by atoms with Gasteiger partial charge in [0.05, 0.1) is 25.5 Å². The minimum Gasteiger partial charge on any atom is -0.501 e. The molecule has 0 bridgehead atoms. The van der Waals surface area contributed by atoms with Crippen molar-refractivity contribution in [3.63, 3.8) is 0 Å². The second-order valence-electron chi connectivity index (χ2n) is 5.02. The molecule has 0 aliphatic heterocycles. The summed E-state index contributed by atoms with van der Waals surface area (Å²) in [5.74, 6) is 0.00884. The van der Waals surface area contributed by atoms with Gasteiger partial charge in [-0.25, -0.2) is 4.79 Å². The Hall–Kier alpha value is -2.34. The zero-order valence-electron chi connectivity index (χ0n) is 12.5. The molecule has 1 atom stereocenters. The first-order chi connectivity index (χ1) is 10.5. The molecule has 1 aromatic rings. The van der Waals surface area contributed by atoms with E-state index in [1.807, 2.05) is 0 Å². The maximum absolute atomic E-state index is 11.9. The number of ether oxygens (including phenoxy) is 3. The molecule has 0 saturated carbocycles. The van der Waals surface area contributed by atoms with Crippen LogP contribution in [-0.4, -0.2) is 43.3 Å². The fourth-order valence-corrected chi connectivity index (χ4v) is 2.11. The third-order valence-corrected chi connectivity index (χ3v) is 3.57. The lowest BCUT2D eigenvalue weighted by atomic mass is 9.88. The van der Waals surface area contributed by atoms with Gasteiger partial charge in [-0.15, -0.1) is 0 Å². The number of aliphatic hydroxyl groups is 1. The Bertz CT molecular complexity index is 589. The first kappa shape index (κ1) is 16.0. The number of benzene rings is 1. The van der Waals surface area contributed by atoms with Crippen molar-refractivity contribution < 1.29 is 28.9 Å². The smallest absolute Gasteiger partial charge is 0.338 e. The Labute approximate surface area is 128 Å². The number of carbonyl (C=O) groups excluding carboxylic acids is 2. The molecule has 22 heavy (non-hydrogen) atoms. The van der Waals surface area contributed by atoms with Crippen LogP contribution in [0.5, 0.6) is 5.75 Å². The molecule has 0 radical (unpaired) electrons. The molecule has 0 heterocycles. The van der Waals surface area contributed by atoms with E-state index in [1.165, 1.54) is 20.3 Å². The van der Waals surface area contributed by atoms with Crippen LogP contribution in [0.3, 0.4) is 0 Å². The summed E-state index contributed by atoms with van der Waals surface area (Å²) < 4.78 is 15.0. The number of esters is 1. The number of hydrogen-bond acceptors (Lipinski definition) is 6. The van der Waals surface area contributed by atoms with Gasteiger partial charge in [0.25, 0.3) is 0 Å². The minimum absolute atomic E-state index is 0.154. The number of hydrogen-bond donors (Lipinski definition) is 1. The van der Waals surface area contributed by atoms with Crippen molar-refractivity contribution in [2.75, 3.05) is 20.8 Å². The van der Waals surface area contributed by atoms with E-state index in [0.29, 0.717) is 23.5 Å². The van der Waals surface area contributed by atoms with E-state index in [1.54, 1.807) is 24.3 Å². The Morgan fingerprint density at radius 1 is 1.23 bits per heavy atom. The monoisotopic (exact) mass is 306 g/mol. The largest absolute Gasteiger partial charge is 0.501 e. The highest BCUT2D eigenvalue weighted by Gasteiger charge is 2.39. The molecule has 0 saturated heterocycles. The number of methoxy groups -OCH3 is 2. The maximum Gasteiger partial charge on any atom is 0.338 e. The lowest BCUT2D eigenvalue weighted by Crippen LogP contribution is -2.45. The van der Waals surface area contributed by atoms with E-state index in [0.717, 1.165) is 0 Å². The van der Waals surface area contributed by atoms with E-state index in [4.69, 9.17) is 14.2 Å². The van der Waals surface area contributed by atoms with Gasteiger partial charge >= 0.3 is 5.97 Å². The molecular weight excluding hydrogens is 288 g/mol. The van der Waals surface area contributed by atoms with Crippen molar-refractivity contribution in [1.29, 1.82) is 0 Å². The SMILES string of the molecule is COC1=CC(=O)[C@@](O)(COC(=O)c2ccc(OC)cc2)CC1. The van der Waals surface area contributed by atoms with Crippen molar-refractivity contribution in [1.82, 2.24) is 0 Å². The highest BCUT2D eigenvalue weighted by atomic mass is 16.5. The molecule has 0 spiro atoms. The Kier molecular flexibility index (Phi) is 4.82. The Morgan fingerprint density at radius 2 is 1.91 bits per heavy atom. The quantitative estimate of drug-likeness (QED) is 0.830. The zero-order chi connectivity index (χ0) is 16.2. The predicted octanol–water partition coefficient (Wildman–Crippen LogP) is 1.48. The number of rotatable bonds is 5. The summed E-state index contributed by atoms with van der Waals surface area (Å²) in [6.45, 7) is -0.385. The summed E-state index contributed by atoms with van der Waals surface area (Å²) in [5, 5.41) is 10.3. The topological polar surface area (TPSA) is 82.1 Å². The Balaban J connectivity index is 1.98. The van der Waals surface area contributed by atoms with Gasteiger partial charge in [0.1, 0.15) is 12.4 Å². The van der Waals surface area contributed by atoms with E-state index in [9.17, 15) is 14.7 Å². The van der Waals surface area contributed by atoms with Gasteiger partial charge in [0.2, 0.25) is 0 Å². The lowest BCUT2D eigenvalue weighted by molar-refractivity contribution is -0.139. The Morgan fingerprint density at radius 3 is 2.45 bits per heavy atom. The standard InChI is InChI=1S/C16H18O6/c1-20-12-5-3-11(4-6-12)15(18)22-10-16(19)8-7-13(21-2)9-14(16)17/h3-6,9,19H,7-8,10H2,1-2H3/t16-/m0/s1. The first-order valence-corrected chi connectivity index (χ1v) is 6.81. The molecule has 6 heteroatoms. The molecule has 1 N–H and O–H groups in total. The average Bonchev–Trinajstić information content (AvgIpc) is 2.55. The molecule has 6 nitrogen and oxygen atoms in total. The van der Waals surface area contributed by atoms with Gasteiger partial charge in [-0.2, -0.15) is 0 Å². The normalized spacial score (nSPS) is 21.0. The maximum atomic E-state index is 11.9. The molecule has 0 aromatic heterocycles. The van der Waals surface area contributed by atoms with E-state index in [-0.39, 0.29) is 13.0 Å². The molecule has 2 rings (SSSR count). The van der Waals surface area contributed by atoms with Crippen molar-refractivity contribution in [3.8, 4) is 5.75 Å². The van der Waals surface area contributed by atoms with E-state index in [2.05, 4.69) is 0 Å². The summed E-state index contributed by atoms with van der Waals surface area (Å²) in [4.78, 5) is 23.8. The van der Waals surface area contributed by atoms with Crippen molar-refractivity contribution >= 4 is 11.8 Å². The van der Waals surface area contributed by atoms with Crippen LogP contribution in [0.1, 0.15) is 23.2 Å².